The van der Waals surface area contributed by atoms with Gasteiger partial charge in [0.1, 0.15) is 10.1 Å². The highest BCUT2D eigenvalue weighted by Gasteiger charge is 2.27. The Morgan fingerprint density at radius 2 is 1.91 bits per heavy atom. The van der Waals surface area contributed by atoms with Crippen LogP contribution in [-0.2, 0) is 26.2 Å². The summed E-state index contributed by atoms with van der Waals surface area (Å²) in [4.78, 5) is 26.8. The lowest BCUT2D eigenvalue weighted by molar-refractivity contribution is -0.121. The van der Waals surface area contributed by atoms with Crippen LogP contribution in [0.3, 0.4) is 0 Å². The number of fused-ring (bicyclic) bond motifs is 1. The molecular formula is C21H19N3O5S3. The monoisotopic (exact) mass is 489 g/mol. The first-order valence-electron chi connectivity index (χ1n) is 9.49. The molecular weight excluding hydrogens is 470 g/mol. The minimum atomic E-state index is -3.53. The Bertz CT molecular complexity index is 1250. The maximum atomic E-state index is 12.6. The molecule has 0 saturated carbocycles. The molecule has 11 heteroatoms. The third kappa shape index (κ3) is 4.42. The Hall–Kier alpha value is -2.73. The highest BCUT2D eigenvalue weighted by atomic mass is 32.2. The number of anilines is 1. The van der Waals surface area contributed by atoms with Crippen LogP contribution < -0.4 is 15.0 Å². The summed E-state index contributed by atoms with van der Waals surface area (Å²) in [5.41, 5.74) is 2.07. The summed E-state index contributed by atoms with van der Waals surface area (Å²) >= 11 is 6.20. The second-order valence-electron chi connectivity index (χ2n) is 7.28. The van der Waals surface area contributed by atoms with Crippen LogP contribution in [0.15, 0.2) is 52.3 Å². The summed E-state index contributed by atoms with van der Waals surface area (Å²) < 4.78 is 31.7. The molecule has 2 heterocycles. The topological polar surface area (TPSA) is 96.0 Å². The minimum Gasteiger partial charge on any atom is -0.482 e. The van der Waals surface area contributed by atoms with Crippen molar-refractivity contribution in [2.24, 2.45) is 0 Å². The van der Waals surface area contributed by atoms with E-state index in [4.69, 9.17) is 17.0 Å². The zero-order chi connectivity index (χ0) is 23.0. The van der Waals surface area contributed by atoms with Gasteiger partial charge < -0.3 is 15.0 Å². The molecule has 0 unspecified atom stereocenters. The van der Waals surface area contributed by atoms with Gasteiger partial charge in [-0.25, -0.2) is 12.7 Å². The van der Waals surface area contributed by atoms with Crippen LogP contribution in [0, 0.1) is 0 Å². The van der Waals surface area contributed by atoms with Crippen molar-refractivity contribution in [3.63, 3.8) is 0 Å². The van der Waals surface area contributed by atoms with Crippen molar-refractivity contribution in [1.82, 2.24) is 9.62 Å². The minimum absolute atomic E-state index is 0.0902. The lowest BCUT2D eigenvalue weighted by atomic mass is 10.1. The predicted molar refractivity (Wildman–Crippen MR) is 127 cm³/mol. The van der Waals surface area contributed by atoms with E-state index < -0.39 is 10.0 Å². The molecule has 0 aromatic heterocycles. The lowest BCUT2D eigenvalue weighted by Gasteiger charge is -2.30. The molecule has 32 heavy (non-hydrogen) atoms. The van der Waals surface area contributed by atoms with Gasteiger partial charge in [-0.1, -0.05) is 42.2 Å². The summed E-state index contributed by atoms with van der Waals surface area (Å²) in [5, 5.41) is 2.57. The van der Waals surface area contributed by atoms with Crippen LogP contribution >= 0.6 is 24.0 Å². The van der Waals surface area contributed by atoms with Gasteiger partial charge in [-0.05, 0) is 41.5 Å². The van der Waals surface area contributed by atoms with Gasteiger partial charge in [-0.15, -0.1) is 0 Å². The van der Waals surface area contributed by atoms with E-state index in [9.17, 15) is 18.0 Å². The second-order valence-corrected chi connectivity index (χ2v) is 11.2. The number of rotatable bonds is 5. The van der Waals surface area contributed by atoms with Crippen LogP contribution in [-0.4, -0.2) is 49.6 Å². The molecule has 0 atom stereocenters. The average Bonchev–Trinajstić information content (AvgIpc) is 3.07. The standard InChI is InChI=1S/C21H19N3O5S3/c1-23(2)32(27,28)15-6-3-13(4-7-15)11-24-16-9-14(5-8-17(16)29-12-19(24)25)10-18-20(26)22-21(30)31-18/h3-10H,11-12H2,1-2H3,(H,22,26,30)/b18-10-. The number of hydrogen-bond acceptors (Lipinski definition) is 7. The van der Waals surface area contributed by atoms with Gasteiger partial charge in [-0.2, -0.15) is 0 Å². The smallest absolute Gasteiger partial charge is 0.265 e. The SMILES string of the molecule is CN(C)S(=O)(=O)c1ccc(CN2C(=O)COc3ccc(/C=C4\SC(=S)NC4=O)cc32)cc1. The number of hydrogen-bond donors (Lipinski definition) is 1. The van der Waals surface area contributed by atoms with Crippen molar-refractivity contribution in [1.29, 1.82) is 0 Å². The van der Waals surface area contributed by atoms with Crippen molar-refractivity contribution in [3.05, 3.63) is 58.5 Å². The summed E-state index contributed by atoms with van der Waals surface area (Å²) in [5.74, 6) is 0.0775. The van der Waals surface area contributed by atoms with Crippen LogP contribution in [0.25, 0.3) is 6.08 Å². The van der Waals surface area contributed by atoms with Crippen molar-refractivity contribution >= 4 is 61.9 Å². The van der Waals surface area contributed by atoms with E-state index in [1.165, 1.54) is 38.0 Å². The molecule has 1 N–H and O–H groups in total. The molecule has 0 spiro atoms. The van der Waals surface area contributed by atoms with Gasteiger partial charge >= 0.3 is 0 Å². The molecule has 0 radical (unpaired) electrons. The maximum absolute atomic E-state index is 12.6. The molecule has 1 fully saturated rings. The Morgan fingerprint density at radius 3 is 2.53 bits per heavy atom. The van der Waals surface area contributed by atoms with Gasteiger partial charge in [0, 0.05) is 14.1 Å². The molecule has 8 nitrogen and oxygen atoms in total. The highest BCUT2D eigenvalue weighted by Crippen LogP contribution is 2.35. The largest absolute Gasteiger partial charge is 0.482 e. The first-order chi connectivity index (χ1) is 15.1. The van der Waals surface area contributed by atoms with E-state index in [1.807, 2.05) is 0 Å². The van der Waals surface area contributed by atoms with Crippen LogP contribution in [0.2, 0.25) is 0 Å². The molecule has 0 aliphatic carbocycles. The van der Waals surface area contributed by atoms with E-state index in [1.54, 1.807) is 41.3 Å². The molecule has 0 bridgehead atoms. The predicted octanol–water partition coefficient (Wildman–Crippen LogP) is 2.35. The van der Waals surface area contributed by atoms with Crippen LogP contribution in [0.5, 0.6) is 5.75 Å². The maximum Gasteiger partial charge on any atom is 0.265 e. The fourth-order valence-corrected chi connectivity index (χ4v) is 5.16. The molecule has 4 rings (SSSR count). The quantitative estimate of drug-likeness (QED) is 0.509. The fraction of sp³-hybridized carbons (Fsp3) is 0.190. The first kappa shape index (κ1) is 22.5. The average molecular weight is 490 g/mol. The fourth-order valence-electron chi connectivity index (χ4n) is 3.21. The van der Waals surface area contributed by atoms with Crippen molar-refractivity contribution in [2.75, 3.05) is 25.6 Å². The summed E-state index contributed by atoms with van der Waals surface area (Å²) in [7, 11) is -0.583. The molecule has 2 amide bonds. The molecule has 2 aliphatic heterocycles. The number of benzene rings is 2. The van der Waals surface area contributed by atoms with E-state index in [0.29, 0.717) is 20.7 Å². The van der Waals surface area contributed by atoms with Crippen molar-refractivity contribution in [2.45, 2.75) is 11.4 Å². The summed E-state index contributed by atoms with van der Waals surface area (Å²) in [6.07, 6.45) is 1.71. The summed E-state index contributed by atoms with van der Waals surface area (Å²) in [6, 6.07) is 11.8. The van der Waals surface area contributed by atoms with Gasteiger partial charge in [0.25, 0.3) is 11.8 Å². The van der Waals surface area contributed by atoms with E-state index in [2.05, 4.69) is 5.32 Å². The molecule has 2 aliphatic rings. The second kappa shape index (κ2) is 8.66. The van der Waals surface area contributed by atoms with Crippen molar-refractivity contribution in [3.8, 4) is 5.75 Å². The normalized spacial score (nSPS) is 17.5. The summed E-state index contributed by atoms with van der Waals surface area (Å²) in [6.45, 7) is 0.157. The lowest BCUT2D eigenvalue weighted by Crippen LogP contribution is -2.38. The molecule has 166 valence electrons. The molecule has 2 aromatic carbocycles. The number of ether oxygens (including phenoxy) is 1. The van der Waals surface area contributed by atoms with E-state index in [0.717, 1.165) is 15.4 Å². The zero-order valence-electron chi connectivity index (χ0n) is 17.2. The Balaban J connectivity index is 1.62. The third-order valence-electron chi connectivity index (χ3n) is 4.91. The Labute approximate surface area is 195 Å². The zero-order valence-corrected chi connectivity index (χ0v) is 19.6. The number of amides is 2. The third-order valence-corrected chi connectivity index (χ3v) is 7.90. The van der Waals surface area contributed by atoms with Gasteiger partial charge in [0.05, 0.1) is 22.0 Å². The number of thiocarbonyl (C=S) groups is 1. The Kier molecular flexibility index (Phi) is 6.08. The van der Waals surface area contributed by atoms with Gasteiger partial charge in [0.2, 0.25) is 10.0 Å². The van der Waals surface area contributed by atoms with E-state index in [-0.39, 0.29) is 29.9 Å². The number of thioether (sulfide) groups is 1. The van der Waals surface area contributed by atoms with Crippen LogP contribution in [0.4, 0.5) is 5.69 Å². The van der Waals surface area contributed by atoms with Crippen molar-refractivity contribution < 1.29 is 22.7 Å². The highest BCUT2D eigenvalue weighted by molar-refractivity contribution is 8.26. The van der Waals surface area contributed by atoms with Crippen LogP contribution in [0.1, 0.15) is 11.1 Å². The number of nitrogens with one attached hydrogen (secondary N) is 1. The number of sulfonamides is 1. The molecule has 1 saturated heterocycles. The number of nitrogens with zero attached hydrogens (tertiary/aromatic N) is 2. The van der Waals surface area contributed by atoms with E-state index >= 15 is 0 Å². The van der Waals surface area contributed by atoms with Gasteiger partial charge in [0.15, 0.2) is 6.61 Å². The Morgan fingerprint density at radius 1 is 1.19 bits per heavy atom. The number of carbonyl (C=O) groups excluding carboxylic acids is 2. The van der Waals surface area contributed by atoms with Gasteiger partial charge in [-0.3, -0.25) is 9.59 Å². The molecule has 2 aromatic rings. The number of carbonyl (C=O) groups is 2. The first-order valence-corrected chi connectivity index (χ1v) is 12.1.